The molecule has 1 fully saturated rings. The van der Waals surface area contributed by atoms with E-state index in [2.05, 4.69) is 56.9 Å². The van der Waals surface area contributed by atoms with Gasteiger partial charge >= 0.3 is 0 Å². The van der Waals surface area contributed by atoms with Crippen molar-refractivity contribution in [1.29, 1.82) is 0 Å². The molecule has 0 heterocycles. The van der Waals surface area contributed by atoms with Crippen LogP contribution in [0.25, 0.3) is 0 Å². The van der Waals surface area contributed by atoms with E-state index in [4.69, 9.17) is 4.74 Å². The van der Waals surface area contributed by atoms with Crippen LogP contribution in [0, 0.1) is 6.92 Å². The SMILES string of the molecule is COC1CCCCC1N(c1ccccc1C)C(C)(C)C. The molecule has 1 saturated carbocycles. The van der Waals surface area contributed by atoms with Crippen LogP contribution < -0.4 is 4.90 Å². The maximum Gasteiger partial charge on any atom is 0.0774 e. The summed E-state index contributed by atoms with van der Waals surface area (Å²) in [5.74, 6) is 0. The molecule has 1 aromatic carbocycles. The van der Waals surface area contributed by atoms with Crippen LogP contribution in [0.3, 0.4) is 0 Å². The Kier molecular flexibility index (Phi) is 4.74. The molecule has 0 amide bonds. The first-order valence-corrected chi connectivity index (χ1v) is 7.83. The lowest BCUT2D eigenvalue weighted by molar-refractivity contribution is 0.0460. The van der Waals surface area contributed by atoms with Crippen LogP contribution in [0.15, 0.2) is 24.3 Å². The van der Waals surface area contributed by atoms with E-state index in [-0.39, 0.29) is 5.54 Å². The van der Waals surface area contributed by atoms with Crippen LogP contribution in [-0.4, -0.2) is 24.8 Å². The molecule has 0 radical (unpaired) electrons. The summed E-state index contributed by atoms with van der Waals surface area (Å²) in [4.78, 5) is 2.59. The molecule has 0 aromatic heterocycles. The number of ether oxygens (including phenoxy) is 1. The first-order valence-electron chi connectivity index (χ1n) is 7.83. The lowest BCUT2D eigenvalue weighted by Crippen LogP contribution is -2.55. The molecule has 1 aliphatic carbocycles. The molecule has 112 valence electrons. The zero-order valence-electron chi connectivity index (χ0n) is 13.6. The summed E-state index contributed by atoms with van der Waals surface area (Å²) >= 11 is 0. The largest absolute Gasteiger partial charge is 0.379 e. The fourth-order valence-corrected chi connectivity index (χ4v) is 3.52. The van der Waals surface area contributed by atoms with Crippen molar-refractivity contribution < 1.29 is 4.74 Å². The highest BCUT2D eigenvalue weighted by Gasteiger charge is 2.36. The molecule has 1 aliphatic rings. The normalized spacial score (nSPS) is 23.6. The number of hydrogen-bond acceptors (Lipinski definition) is 2. The third kappa shape index (κ3) is 3.17. The van der Waals surface area contributed by atoms with Gasteiger partial charge < -0.3 is 9.64 Å². The predicted molar refractivity (Wildman–Crippen MR) is 86.5 cm³/mol. The number of hydrogen-bond donors (Lipinski definition) is 0. The van der Waals surface area contributed by atoms with E-state index in [1.165, 1.54) is 36.9 Å². The van der Waals surface area contributed by atoms with Crippen molar-refractivity contribution in [3.05, 3.63) is 29.8 Å². The molecule has 20 heavy (non-hydrogen) atoms. The van der Waals surface area contributed by atoms with Crippen LogP contribution in [0.5, 0.6) is 0 Å². The fraction of sp³-hybridized carbons (Fsp3) is 0.667. The van der Waals surface area contributed by atoms with Crippen molar-refractivity contribution >= 4 is 5.69 Å². The van der Waals surface area contributed by atoms with Gasteiger partial charge in [-0.15, -0.1) is 0 Å². The molecule has 2 heteroatoms. The topological polar surface area (TPSA) is 12.5 Å². The Balaban J connectivity index is 2.40. The molecular weight excluding hydrogens is 246 g/mol. The van der Waals surface area contributed by atoms with E-state index < -0.39 is 0 Å². The van der Waals surface area contributed by atoms with Gasteiger partial charge in [-0.25, -0.2) is 0 Å². The third-order valence-corrected chi connectivity index (χ3v) is 4.40. The Bertz CT molecular complexity index is 435. The summed E-state index contributed by atoms with van der Waals surface area (Å²) < 4.78 is 5.80. The summed E-state index contributed by atoms with van der Waals surface area (Å²) in [6, 6.07) is 9.20. The molecule has 0 bridgehead atoms. The van der Waals surface area contributed by atoms with Crippen LogP contribution in [0.1, 0.15) is 52.0 Å². The molecule has 0 spiro atoms. The number of para-hydroxylation sites is 1. The van der Waals surface area contributed by atoms with Gasteiger partial charge in [0.15, 0.2) is 0 Å². The number of aryl methyl sites for hydroxylation is 1. The monoisotopic (exact) mass is 275 g/mol. The Morgan fingerprint density at radius 2 is 1.75 bits per heavy atom. The number of methoxy groups -OCH3 is 1. The average molecular weight is 275 g/mol. The Hall–Kier alpha value is -1.02. The van der Waals surface area contributed by atoms with E-state index >= 15 is 0 Å². The van der Waals surface area contributed by atoms with Crippen LogP contribution in [0.4, 0.5) is 5.69 Å². The van der Waals surface area contributed by atoms with Gasteiger partial charge in [-0.3, -0.25) is 0 Å². The van der Waals surface area contributed by atoms with Crippen molar-refractivity contribution in [3.63, 3.8) is 0 Å². The van der Waals surface area contributed by atoms with Gasteiger partial charge in [0.05, 0.1) is 12.1 Å². The number of benzene rings is 1. The van der Waals surface area contributed by atoms with E-state index in [1.807, 2.05) is 7.11 Å². The maximum atomic E-state index is 5.80. The van der Waals surface area contributed by atoms with E-state index in [0.717, 1.165) is 0 Å². The highest BCUT2D eigenvalue weighted by molar-refractivity contribution is 5.56. The minimum absolute atomic E-state index is 0.102. The number of nitrogens with zero attached hydrogens (tertiary/aromatic N) is 1. The minimum atomic E-state index is 0.102. The summed E-state index contributed by atoms with van der Waals surface area (Å²) in [5.41, 5.74) is 2.81. The molecule has 2 rings (SSSR count). The molecule has 0 aliphatic heterocycles. The quantitative estimate of drug-likeness (QED) is 0.802. The van der Waals surface area contributed by atoms with Gasteiger partial charge in [0.2, 0.25) is 0 Å². The predicted octanol–water partition coefficient (Wildman–Crippen LogP) is 4.56. The van der Waals surface area contributed by atoms with E-state index in [0.29, 0.717) is 12.1 Å². The highest BCUT2D eigenvalue weighted by Crippen LogP contribution is 2.35. The van der Waals surface area contributed by atoms with Gasteiger partial charge in [0.25, 0.3) is 0 Å². The summed E-state index contributed by atoms with van der Waals surface area (Å²) in [5, 5.41) is 0. The lowest BCUT2D eigenvalue weighted by atomic mass is 9.87. The summed E-state index contributed by atoms with van der Waals surface area (Å²) in [7, 11) is 1.86. The van der Waals surface area contributed by atoms with Crippen LogP contribution in [-0.2, 0) is 4.74 Å². The molecule has 2 nitrogen and oxygen atoms in total. The number of anilines is 1. The van der Waals surface area contributed by atoms with E-state index in [1.54, 1.807) is 0 Å². The Labute approximate surface area is 124 Å². The maximum absolute atomic E-state index is 5.80. The average Bonchev–Trinajstić information content (AvgIpc) is 2.40. The third-order valence-electron chi connectivity index (χ3n) is 4.40. The standard InChI is InChI=1S/C18H29NO/c1-14-10-6-7-11-15(14)19(18(2,3)4)16-12-8-9-13-17(16)20-5/h6-7,10-11,16-17H,8-9,12-13H2,1-5H3. The van der Waals surface area contributed by atoms with E-state index in [9.17, 15) is 0 Å². The molecular formula is C18H29NO. The fourth-order valence-electron chi connectivity index (χ4n) is 3.52. The van der Waals surface area contributed by atoms with Crippen LogP contribution >= 0.6 is 0 Å². The van der Waals surface area contributed by atoms with Crippen molar-refractivity contribution in [1.82, 2.24) is 0 Å². The second kappa shape index (κ2) is 6.17. The molecule has 0 saturated heterocycles. The molecule has 0 N–H and O–H groups in total. The van der Waals surface area contributed by atoms with Crippen molar-refractivity contribution in [2.45, 2.75) is 71.1 Å². The Morgan fingerprint density at radius 3 is 2.35 bits per heavy atom. The first-order chi connectivity index (χ1) is 9.45. The highest BCUT2D eigenvalue weighted by atomic mass is 16.5. The van der Waals surface area contributed by atoms with Crippen molar-refractivity contribution in [3.8, 4) is 0 Å². The molecule has 2 unspecified atom stereocenters. The zero-order chi connectivity index (χ0) is 14.8. The zero-order valence-corrected chi connectivity index (χ0v) is 13.6. The lowest BCUT2D eigenvalue weighted by Gasteiger charge is -2.48. The second-order valence-corrected chi connectivity index (χ2v) is 6.95. The summed E-state index contributed by atoms with van der Waals surface area (Å²) in [6.07, 6.45) is 5.36. The first kappa shape index (κ1) is 15.4. The molecule has 2 atom stereocenters. The summed E-state index contributed by atoms with van der Waals surface area (Å²) in [6.45, 7) is 9.13. The Morgan fingerprint density at radius 1 is 1.10 bits per heavy atom. The van der Waals surface area contributed by atoms with Gasteiger partial charge in [-0.2, -0.15) is 0 Å². The van der Waals surface area contributed by atoms with Gasteiger partial charge in [-0.1, -0.05) is 31.0 Å². The van der Waals surface area contributed by atoms with Gasteiger partial charge in [-0.05, 0) is 52.2 Å². The van der Waals surface area contributed by atoms with Crippen molar-refractivity contribution in [2.24, 2.45) is 0 Å². The van der Waals surface area contributed by atoms with Gasteiger partial charge in [0.1, 0.15) is 0 Å². The minimum Gasteiger partial charge on any atom is -0.379 e. The van der Waals surface area contributed by atoms with Crippen molar-refractivity contribution in [2.75, 3.05) is 12.0 Å². The second-order valence-electron chi connectivity index (χ2n) is 6.95. The smallest absolute Gasteiger partial charge is 0.0774 e. The number of rotatable bonds is 3. The van der Waals surface area contributed by atoms with Crippen LogP contribution in [0.2, 0.25) is 0 Å². The molecule has 1 aromatic rings. The van der Waals surface area contributed by atoms with Gasteiger partial charge in [0, 0.05) is 18.3 Å².